The van der Waals surface area contributed by atoms with Gasteiger partial charge in [0.1, 0.15) is 11.8 Å². The molecule has 0 bridgehead atoms. The summed E-state index contributed by atoms with van der Waals surface area (Å²) in [6, 6.07) is 18.8. The zero-order valence-electron chi connectivity index (χ0n) is 15.1. The fourth-order valence-corrected chi connectivity index (χ4v) is 3.54. The van der Waals surface area contributed by atoms with Crippen molar-refractivity contribution in [2.24, 2.45) is 0 Å². The quantitative estimate of drug-likeness (QED) is 0.697. The van der Waals surface area contributed by atoms with Crippen LogP contribution in [0, 0.1) is 13.8 Å². The van der Waals surface area contributed by atoms with Gasteiger partial charge in [-0.1, -0.05) is 47.5 Å². The number of aryl methyl sites for hydroxylation is 2. The van der Waals surface area contributed by atoms with Gasteiger partial charge in [-0.3, -0.25) is 14.5 Å². The normalized spacial score (nSPS) is 15.7. The van der Waals surface area contributed by atoms with E-state index in [1.54, 1.807) is 30.3 Å². The van der Waals surface area contributed by atoms with Crippen molar-refractivity contribution < 1.29 is 14.7 Å². The van der Waals surface area contributed by atoms with Gasteiger partial charge < -0.3 is 5.11 Å². The lowest BCUT2D eigenvalue weighted by Gasteiger charge is -2.25. The van der Waals surface area contributed by atoms with E-state index in [4.69, 9.17) is 0 Å². The second kappa shape index (κ2) is 6.40. The Morgan fingerprint density at radius 2 is 1.59 bits per heavy atom. The van der Waals surface area contributed by atoms with Crippen LogP contribution in [-0.4, -0.2) is 16.8 Å². The van der Waals surface area contributed by atoms with Crippen molar-refractivity contribution in [3.63, 3.8) is 0 Å². The van der Waals surface area contributed by atoms with Crippen molar-refractivity contribution in [1.29, 1.82) is 0 Å². The highest BCUT2D eigenvalue weighted by Gasteiger charge is 2.42. The van der Waals surface area contributed by atoms with Gasteiger partial charge in [0.25, 0.3) is 5.91 Å². The molecule has 4 rings (SSSR count). The van der Waals surface area contributed by atoms with Crippen LogP contribution in [-0.2, 0) is 0 Å². The summed E-state index contributed by atoms with van der Waals surface area (Å²) in [6.45, 7) is 3.83. The maximum Gasteiger partial charge on any atom is 0.259 e. The first-order valence-corrected chi connectivity index (χ1v) is 8.80. The summed E-state index contributed by atoms with van der Waals surface area (Å²) in [5, 5.41) is 10.2. The molecular weight excluding hydrogens is 338 g/mol. The molecule has 4 heteroatoms. The average molecular weight is 357 g/mol. The lowest BCUT2D eigenvalue weighted by atomic mass is 9.95. The van der Waals surface area contributed by atoms with Gasteiger partial charge in [0.15, 0.2) is 5.78 Å². The van der Waals surface area contributed by atoms with Crippen LogP contribution in [0.5, 0.6) is 5.75 Å². The van der Waals surface area contributed by atoms with Crippen LogP contribution in [0.2, 0.25) is 0 Å². The van der Waals surface area contributed by atoms with Gasteiger partial charge in [-0.15, -0.1) is 0 Å². The number of fused-ring (bicyclic) bond motifs is 1. The molecule has 0 aromatic heterocycles. The molecule has 134 valence electrons. The molecule has 0 saturated heterocycles. The largest absolute Gasteiger partial charge is 0.507 e. The van der Waals surface area contributed by atoms with Gasteiger partial charge in [-0.05, 0) is 49.7 Å². The number of carbonyl (C=O) groups is 2. The molecule has 1 heterocycles. The molecule has 1 N–H and O–H groups in total. The molecule has 1 atom stereocenters. The first-order chi connectivity index (χ1) is 13.0. The number of phenolic OH excluding ortho intramolecular Hbond substituents is 1. The fourth-order valence-electron chi connectivity index (χ4n) is 3.54. The number of nitrogens with zero attached hydrogens (tertiary/aromatic N) is 1. The van der Waals surface area contributed by atoms with E-state index in [0.29, 0.717) is 16.8 Å². The summed E-state index contributed by atoms with van der Waals surface area (Å²) in [5.74, 6) is -0.582. The Kier molecular flexibility index (Phi) is 4.04. The van der Waals surface area contributed by atoms with Gasteiger partial charge in [-0.25, -0.2) is 0 Å². The van der Waals surface area contributed by atoms with Crippen LogP contribution >= 0.6 is 0 Å². The summed E-state index contributed by atoms with van der Waals surface area (Å²) in [6.07, 6.45) is 0. The van der Waals surface area contributed by atoms with Gasteiger partial charge in [0, 0.05) is 11.3 Å². The number of anilines is 1. The Morgan fingerprint density at radius 1 is 0.926 bits per heavy atom. The number of hydrogen-bond acceptors (Lipinski definition) is 3. The first-order valence-electron chi connectivity index (χ1n) is 8.80. The van der Waals surface area contributed by atoms with Crippen molar-refractivity contribution in [2.75, 3.05) is 4.90 Å². The van der Waals surface area contributed by atoms with Crippen LogP contribution in [0.15, 0.2) is 66.7 Å². The second-order valence-corrected chi connectivity index (χ2v) is 6.89. The molecule has 0 fully saturated rings. The Labute approximate surface area is 157 Å². The van der Waals surface area contributed by atoms with E-state index in [1.807, 2.05) is 44.2 Å². The number of Topliss-reactive ketones (excluding diaryl/α,β-unsaturated/α-hetero) is 1. The molecule has 1 amide bonds. The number of ketones is 1. The predicted octanol–water partition coefficient (Wildman–Crippen LogP) is 4.59. The third-order valence-electron chi connectivity index (χ3n) is 4.94. The molecule has 0 saturated carbocycles. The van der Waals surface area contributed by atoms with Crippen LogP contribution < -0.4 is 4.90 Å². The number of amides is 1. The van der Waals surface area contributed by atoms with Crippen molar-refractivity contribution in [3.05, 3.63) is 94.5 Å². The number of phenols is 1. The summed E-state index contributed by atoms with van der Waals surface area (Å²) >= 11 is 0. The number of rotatable bonds is 3. The minimum atomic E-state index is -0.802. The molecule has 27 heavy (non-hydrogen) atoms. The Balaban J connectivity index is 1.88. The summed E-state index contributed by atoms with van der Waals surface area (Å²) < 4.78 is 0. The molecule has 1 aliphatic heterocycles. The monoisotopic (exact) mass is 357 g/mol. The van der Waals surface area contributed by atoms with E-state index >= 15 is 0 Å². The lowest BCUT2D eigenvalue weighted by molar-refractivity contribution is 0.0914. The van der Waals surface area contributed by atoms with Gasteiger partial charge in [-0.2, -0.15) is 0 Å². The number of benzene rings is 3. The van der Waals surface area contributed by atoms with E-state index in [2.05, 4.69) is 0 Å². The van der Waals surface area contributed by atoms with Crippen molar-refractivity contribution in [2.45, 2.75) is 19.9 Å². The fraction of sp³-hybridized carbons (Fsp3) is 0.130. The zero-order valence-corrected chi connectivity index (χ0v) is 15.1. The summed E-state index contributed by atoms with van der Waals surface area (Å²) in [4.78, 5) is 28.0. The minimum Gasteiger partial charge on any atom is -0.507 e. The van der Waals surface area contributed by atoms with Gasteiger partial charge in [0.2, 0.25) is 0 Å². The average Bonchev–Trinajstić information content (AvgIpc) is 2.97. The number of carbonyl (C=O) groups excluding carboxylic acids is 2. The Bertz CT molecular complexity index is 1050. The maximum atomic E-state index is 13.4. The topological polar surface area (TPSA) is 57.6 Å². The molecule has 3 aromatic carbocycles. The molecule has 0 unspecified atom stereocenters. The summed E-state index contributed by atoms with van der Waals surface area (Å²) in [7, 11) is 0. The van der Waals surface area contributed by atoms with E-state index in [0.717, 1.165) is 11.1 Å². The molecule has 0 aliphatic carbocycles. The van der Waals surface area contributed by atoms with Gasteiger partial charge >= 0.3 is 0 Å². The molecule has 4 nitrogen and oxygen atoms in total. The van der Waals surface area contributed by atoms with Crippen LogP contribution in [0.3, 0.4) is 0 Å². The van der Waals surface area contributed by atoms with Crippen LogP contribution in [0.4, 0.5) is 5.69 Å². The highest BCUT2D eigenvalue weighted by Crippen LogP contribution is 2.40. The van der Waals surface area contributed by atoms with Crippen molar-refractivity contribution >= 4 is 17.4 Å². The van der Waals surface area contributed by atoms with E-state index in [9.17, 15) is 14.7 Å². The van der Waals surface area contributed by atoms with Gasteiger partial charge in [0.05, 0.1) is 5.56 Å². The molecule has 1 aliphatic rings. The molecule has 0 spiro atoms. The Hall–Kier alpha value is -3.40. The second-order valence-electron chi connectivity index (χ2n) is 6.89. The highest BCUT2D eigenvalue weighted by molar-refractivity contribution is 6.19. The smallest absolute Gasteiger partial charge is 0.259 e. The minimum absolute atomic E-state index is 0.0775. The van der Waals surface area contributed by atoms with Crippen molar-refractivity contribution in [3.8, 4) is 5.75 Å². The van der Waals surface area contributed by atoms with E-state index in [1.165, 1.54) is 11.0 Å². The SMILES string of the molecule is Cc1ccc(N2C(=O)c3ccccc3[C@@H]2C(=O)c2cc(C)ccc2O)cc1. The third-order valence-corrected chi connectivity index (χ3v) is 4.94. The first kappa shape index (κ1) is 17.0. The zero-order chi connectivity index (χ0) is 19.1. The van der Waals surface area contributed by atoms with Crippen molar-refractivity contribution in [1.82, 2.24) is 0 Å². The third kappa shape index (κ3) is 2.79. The standard InChI is InChI=1S/C23H19NO3/c1-14-7-10-16(11-8-14)24-21(17-5-3-4-6-18(17)23(24)27)22(26)19-13-15(2)9-12-20(19)25/h3-13,21,25H,1-2H3/t21-/m1/s1. The van der Waals surface area contributed by atoms with E-state index in [-0.39, 0.29) is 23.0 Å². The number of hydrogen-bond donors (Lipinski definition) is 1. The van der Waals surface area contributed by atoms with Crippen LogP contribution in [0.1, 0.15) is 43.4 Å². The Morgan fingerprint density at radius 3 is 2.33 bits per heavy atom. The van der Waals surface area contributed by atoms with Crippen LogP contribution in [0.25, 0.3) is 0 Å². The molecule has 3 aromatic rings. The van der Waals surface area contributed by atoms with E-state index < -0.39 is 6.04 Å². The lowest BCUT2D eigenvalue weighted by Crippen LogP contribution is -2.32. The maximum absolute atomic E-state index is 13.4. The molecule has 0 radical (unpaired) electrons. The number of aromatic hydroxyl groups is 1. The summed E-state index contributed by atoms with van der Waals surface area (Å²) in [5.41, 5.74) is 4.00. The highest BCUT2D eigenvalue weighted by atomic mass is 16.3. The predicted molar refractivity (Wildman–Crippen MR) is 104 cm³/mol. The molecular formula is C23H19NO3.